The first kappa shape index (κ1) is 17.7. The van der Waals surface area contributed by atoms with Gasteiger partial charge in [0, 0.05) is 53.3 Å². The zero-order valence-electron chi connectivity index (χ0n) is 15.0. The van der Waals surface area contributed by atoms with Crippen LogP contribution in [0.5, 0.6) is 0 Å². The van der Waals surface area contributed by atoms with Crippen LogP contribution in [-0.4, -0.2) is 41.6 Å². The lowest BCUT2D eigenvalue weighted by molar-refractivity contribution is 0.471. The highest BCUT2D eigenvalue weighted by Gasteiger charge is 2.40. The van der Waals surface area contributed by atoms with Crippen molar-refractivity contribution in [1.82, 2.24) is 14.1 Å². The summed E-state index contributed by atoms with van der Waals surface area (Å²) in [5.41, 5.74) is 8.38. The molecule has 2 aromatic heterocycles. The smallest absolute Gasteiger partial charge is 0.244 e. The van der Waals surface area contributed by atoms with Gasteiger partial charge in [-0.1, -0.05) is 18.2 Å². The fraction of sp³-hybridized carbons (Fsp3) is 0.389. The van der Waals surface area contributed by atoms with E-state index in [1.54, 1.807) is 22.2 Å². The maximum Gasteiger partial charge on any atom is 0.244 e. The Kier molecular flexibility index (Phi) is 4.18. The van der Waals surface area contributed by atoms with Crippen molar-refractivity contribution < 1.29 is 8.42 Å². The van der Waals surface area contributed by atoms with E-state index in [-0.39, 0.29) is 12.0 Å². The van der Waals surface area contributed by atoms with Crippen LogP contribution < -0.4 is 5.73 Å². The molecule has 1 aliphatic heterocycles. The second kappa shape index (κ2) is 6.16. The molecule has 0 aliphatic carbocycles. The minimum Gasteiger partial charge on any atom is -0.326 e. The molecule has 3 heterocycles. The van der Waals surface area contributed by atoms with Crippen LogP contribution in [0, 0.1) is 13.8 Å². The largest absolute Gasteiger partial charge is 0.326 e. The second-order valence-electron chi connectivity index (χ2n) is 6.98. The lowest BCUT2D eigenvalue weighted by atomic mass is 9.98. The zero-order valence-corrected chi connectivity index (χ0v) is 16.6. The van der Waals surface area contributed by atoms with Gasteiger partial charge in [-0.15, -0.1) is 11.3 Å². The molecule has 2 atom stereocenters. The van der Waals surface area contributed by atoms with Crippen molar-refractivity contribution in [2.45, 2.75) is 30.7 Å². The van der Waals surface area contributed by atoms with E-state index >= 15 is 0 Å². The van der Waals surface area contributed by atoms with Gasteiger partial charge < -0.3 is 5.73 Å². The normalized spacial score (nSPS) is 21.7. The minimum atomic E-state index is -3.60. The Morgan fingerprint density at radius 1 is 1.27 bits per heavy atom. The first-order chi connectivity index (χ1) is 12.3. The van der Waals surface area contributed by atoms with Gasteiger partial charge in [-0.25, -0.2) is 8.42 Å². The van der Waals surface area contributed by atoms with Crippen LogP contribution in [0.2, 0.25) is 0 Å². The summed E-state index contributed by atoms with van der Waals surface area (Å²) in [5.74, 6) is -0.0367. The van der Waals surface area contributed by atoms with E-state index in [9.17, 15) is 8.42 Å². The number of hydrogen-bond donors (Lipinski definition) is 1. The van der Waals surface area contributed by atoms with Crippen molar-refractivity contribution in [3.8, 4) is 0 Å². The maximum atomic E-state index is 13.4. The number of benzene rings is 1. The molecule has 0 bridgehead atoms. The molecule has 0 spiro atoms. The lowest BCUT2D eigenvalue weighted by Crippen LogP contribution is -2.32. The second-order valence-corrected chi connectivity index (χ2v) is 10.1. The highest BCUT2D eigenvalue weighted by Crippen LogP contribution is 2.39. The number of rotatable bonds is 3. The summed E-state index contributed by atoms with van der Waals surface area (Å²) in [6.07, 6.45) is 3.69. The van der Waals surface area contributed by atoms with Crippen molar-refractivity contribution in [3.63, 3.8) is 0 Å². The molecular weight excluding hydrogens is 368 g/mol. The van der Waals surface area contributed by atoms with Gasteiger partial charge in [0.25, 0.3) is 0 Å². The quantitative estimate of drug-likeness (QED) is 0.744. The van der Waals surface area contributed by atoms with Crippen LogP contribution in [0.15, 0.2) is 35.5 Å². The topological polar surface area (TPSA) is 81.2 Å². The third-order valence-corrected chi connectivity index (χ3v) is 8.52. The van der Waals surface area contributed by atoms with E-state index in [0.717, 1.165) is 26.1 Å². The number of hydrogen-bond acceptors (Lipinski definition) is 5. The van der Waals surface area contributed by atoms with Gasteiger partial charge in [0.05, 0.1) is 6.20 Å². The van der Waals surface area contributed by atoms with Crippen molar-refractivity contribution in [2.24, 2.45) is 12.8 Å². The molecule has 2 N–H and O–H groups in total. The third-order valence-electron chi connectivity index (χ3n) is 5.11. The van der Waals surface area contributed by atoms with Crippen molar-refractivity contribution in [1.29, 1.82) is 0 Å². The average Bonchev–Trinajstić information content (AvgIpc) is 3.24. The fourth-order valence-electron chi connectivity index (χ4n) is 3.78. The van der Waals surface area contributed by atoms with Crippen LogP contribution in [0.3, 0.4) is 0 Å². The monoisotopic (exact) mass is 390 g/mol. The Morgan fingerprint density at radius 3 is 2.73 bits per heavy atom. The Hall–Kier alpha value is -1.74. The molecule has 3 aromatic rings. The van der Waals surface area contributed by atoms with Crippen molar-refractivity contribution in [3.05, 3.63) is 46.6 Å². The standard InChI is InChI=1S/C18H22N4O2S2/c1-11-5-4-6-14-17(11)25-12(2)18(14)26(23,24)22-9-15(16(19)10-22)13-7-20-21(3)8-13/h4-8,15-16H,9-10,19H2,1-3H3/t15-,16+/m0/s1. The van der Waals surface area contributed by atoms with Gasteiger partial charge in [-0.2, -0.15) is 9.40 Å². The summed E-state index contributed by atoms with van der Waals surface area (Å²) >= 11 is 1.54. The predicted molar refractivity (Wildman–Crippen MR) is 104 cm³/mol. The molecule has 6 nitrogen and oxygen atoms in total. The maximum absolute atomic E-state index is 13.4. The van der Waals surface area contributed by atoms with Gasteiger partial charge in [0.1, 0.15) is 4.90 Å². The Bertz CT molecular complexity index is 1080. The molecule has 0 amide bonds. The summed E-state index contributed by atoms with van der Waals surface area (Å²) in [6.45, 7) is 4.60. The lowest BCUT2D eigenvalue weighted by Gasteiger charge is -2.16. The molecule has 4 rings (SSSR count). The first-order valence-corrected chi connectivity index (χ1v) is 10.8. The molecule has 0 unspecified atom stereocenters. The number of nitrogens with two attached hydrogens (primary N) is 1. The number of aromatic nitrogens is 2. The van der Waals surface area contributed by atoms with Crippen molar-refractivity contribution in [2.75, 3.05) is 13.1 Å². The molecule has 26 heavy (non-hydrogen) atoms. The average molecular weight is 391 g/mol. The Morgan fingerprint density at radius 2 is 2.04 bits per heavy atom. The molecule has 138 valence electrons. The van der Waals surface area contributed by atoms with Gasteiger partial charge in [0.15, 0.2) is 0 Å². The molecule has 0 radical (unpaired) electrons. The zero-order chi connectivity index (χ0) is 18.6. The summed E-state index contributed by atoms with van der Waals surface area (Å²) in [4.78, 5) is 1.26. The summed E-state index contributed by atoms with van der Waals surface area (Å²) < 4.78 is 31.1. The van der Waals surface area contributed by atoms with E-state index in [1.807, 2.05) is 45.3 Å². The summed E-state index contributed by atoms with van der Waals surface area (Å²) in [6, 6.07) is 5.59. The number of fused-ring (bicyclic) bond motifs is 1. The molecular formula is C18H22N4O2S2. The first-order valence-electron chi connectivity index (χ1n) is 8.52. The number of thiophene rings is 1. The van der Waals surface area contributed by atoms with Crippen LogP contribution in [0.25, 0.3) is 10.1 Å². The number of nitrogens with zero attached hydrogens (tertiary/aromatic N) is 3. The molecule has 0 saturated carbocycles. The summed E-state index contributed by atoms with van der Waals surface area (Å²) in [5, 5.41) is 5.00. The SMILES string of the molecule is Cc1sc2c(C)cccc2c1S(=O)(=O)N1C[C@@H](N)[C@H](c2cnn(C)c2)C1. The van der Waals surface area contributed by atoms with Gasteiger partial charge in [-0.3, -0.25) is 4.68 Å². The third kappa shape index (κ3) is 2.68. The molecule has 8 heteroatoms. The highest BCUT2D eigenvalue weighted by atomic mass is 32.2. The van der Waals surface area contributed by atoms with E-state index < -0.39 is 10.0 Å². The predicted octanol–water partition coefficient (Wildman–Crippen LogP) is 2.37. The van der Waals surface area contributed by atoms with Crippen LogP contribution >= 0.6 is 11.3 Å². The Balaban J connectivity index is 1.74. The highest BCUT2D eigenvalue weighted by molar-refractivity contribution is 7.89. The fourth-order valence-corrected chi connectivity index (χ4v) is 7.10. The van der Waals surface area contributed by atoms with Gasteiger partial charge >= 0.3 is 0 Å². The van der Waals surface area contributed by atoms with Crippen molar-refractivity contribution >= 4 is 31.4 Å². The summed E-state index contributed by atoms with van der Waals surface area (Å²) in [7, 11) is -1.75. The molecule has 1 fully saturated rings. The van der Waals surface area contributed by atoms with E-state index in [4.69, 9.17) is 5.73 Å². The number of aryl methyl sites for hydroxylation is 3. The van der Waals surface area contributed by atoms with E-state index in [2.05, 4.69) is 5.10 Å². The van der Waals surface area contributed by atoms with Crippen LogP contribution in [0.4, 0.5) is 0 Å². The van der Waals surface area contributed by atoms with Gasteiger partial charge in [0.2, 0.25) is 10.0 Å². The molecule has 1 aromatic carbocycles. The number of sulfonamides is 1. The minimum absolute atomic E-state index is 0.0367. The van der Waals surface area contributed by atoms with Crippen LogP contribution in [0.1, 0.15) is 21.9 Å². The Labute approximate surface area is 157 Å². The van der Waals surface area contributed by atoms with E-state index in [1.165, 1.54) is 4.31 Å². The molecule has 1 aliphatic rings. The van der Waals surface area contributed by atoms with Crippen LogP contribution in [-0.2, 0) is 17.1 Å². The van der Waals surface area contributed by atoms with Gasteiger partial charge in [-0.05, 0) is 25.0 Å². The van der Waals surface area contributed by atoms with E-state index in [0.29, 0.717) is 18.0 Å². The molecule has 1 saturated heterocycles.